The topological polar surface area (TPSA) is 74.5 Å². The van der Waals surface area contributed by atoms with Crippen LogP contribution in [0.1, 0.15) is 36.8 Å². The minimum Gasteiger partial charge on any atom is -0.488 e. The fourth-order valence-electron chi connectivity index (χ4n) is 2.90. The monoisotopic (exact) mass is 376 g/mol. The Kier molecular flexibility index (Phi) is 4.93. The number of rotatable bonds is 5. The fourth-order valence-corrected chi connectivity index (χ4v) is 2.90. The standard InChI is InChI=1S/C22H20N2O4/c1-14(2)15-7-9-16(10-8-15)21-23-20(28-24-21)13-27-22(25)18-11-17-5-3-4-6-19(17)26-12-18/h3-11,14H,12-13H2,1-2H3. The minimum atomic E-state index is -0.462. The van der Waals surface area contributed by atoms with E-state index in [2.05, 4.69) is 24.0 Å². The van der Waals surface area contributed by atoms with Crippen molar-refractivity contribution in [3.63, 3.8) is 0 Å². The molecule has 0 fully saturated rings. The zero-order valence-corrected chi connectivity index (χ0v) is 15.7. The molecule has 1 aliphatic heterocycles. The van der Waals surface area contributed by atoms with Crippen LogP contribution in [0, 0.1) is 0 Å². The molecule has 6 heteroatoms. The summed E-state index contributed by atoms with van der Waals surface area (Å²) in [6.07, 6.45) is 1.77. The maximum absolute atomic E-state index is 12.3. The molecule has 0 saturated carbocycles. The number of nitrogens with zero attached hydrogens (tertiary/aromatic N) is 2. The van der Waals surface area contributed by atoms with Crippen LogP contribution in [-0.4, -0.2) is 22.7 Å². The average molecular weight is 376 g/mol. The number of hydrogen-bond acceptors (Lipinski definition) is 6. The Labute approximate surface area is 162 Å². The van der Waals surface area contributed by atoms with Gasteiger partial charge in [-0.25, -0.2) is 4.79 Å². The van der Waals surface area contributed by atoms with Crippen LogP contribution in [0.2, 0.25) is 0 Å². The first kappa shape index (κ1) is 18.0. The molecule has 3 aromatic rings. The van der Waals surface area contributed by atoms with Crippen molar-refractivity contribution >= 4 is 12.0 Å². The van der Waals surface area contributed by atoms with Gasteiger partial charge in [0.05, 0.1) is 5.57 Å². The van der Waals surface area contributed by atoms with Gasteiger partial charge in [0.15, 0.2) is 6.61 Å². The van der Waals surface area contributed by atoms with Crippen LogP contribution < -0.4 is 4.74 Å². The number of esters is 1. The third-order valence-electron chi connectivity index (χ3n) is 4.52. The van der Waals surface area contributed by atoms with Gasteiger partial charge in [0.25, 0.3) is 5.89 Å². The highest BCUT2D eigenvalue weighted by Gasteiger charge is 2.19. The molecule has 0 unspecified atom stereocenters. The molecule has 1 aromatic heterocycles. The second-order valence-electron chi connectivity index (χ2n) is 6.86. The number of para-hydroxylation sites is 1. The molecule has 0 amide bonds. The van der Waals surface area contributed by atoms with Gasteiger partial charge in [0.2, 0.25) is 5.82 Å². The molecular weight excluding hydrogens is 356 g/mol. The molecule has 0 radical (unpaired) electrons. The number of carbonyl (C=O) groups is 1. The van der Waals surface area contributed by atoms with Crippen molar-refractivity contribution in [1.82, 2.24) is 10.1 Å². The van der Waals surface area contributed by atoms with Crippen molar-refractivity contribution < 1.29 is 18.8 Å². The number of fused-ring (bicyclic) bond motifs is 1. The number of benzene rings is 2. The lowest BCUT2D eigenvalue weighted by atomic mass is 10.0. The fraction of sp³-hybridized carbons (Fsp3) is 0.227. The third-order valence-corrected chi connectivity index (χ3v) is 4.52. The minimum absolute atomic E-state index is 0.0884. The van der Waals surface area contributed by atoms with Crippen molar-refractivity contribution in [3.05, 3.63) is 71.1 Å². The zero-order valence-electron chi connectivity index (χ0n) is 15.7. The third kappa shape index (κ3) is 3.81. The smallest absolute Gasteiger partial charge is 0.338 e. The summed E-state index contributed by atoms with van der Waals surface area (Å²) in [5.41, 5.74) is 3.39. The summed E-state index contributed by atoms with van der Waals surface area (Å²) in [6.45, 7) is 4.37. The van der Waals surface area contributed by atoms with Crippen molar-refractivity contribution in [3.8, 4) is 17.1 Å². The van der Waals surface area contributed by atoms with Gasteiger partial charge in [0.1, 0.15) is 12.4 Å². The molecule has 0 saturated heterocycles. The van der Waals surface area contributed by atoms with E-state index in [1.54, 1.807) is 6.08 Å². The summed E-state index contributed by atoms with van der Waals surface area (Å²) in [5.74, 6) is 1.46. The molecule has 4 rings (SSSR count). The summed E-state index contributed by atoms with van der Waals surface area (Å²) in [4.78, 5) is 16.6. The van der Waals surface area contributed by atoms with Crippen molar-refractivity contribution in [2.24, 2.45) is 0 Å². The number of ether oxygens (including phenoxy) is 2. The Morgan fingerprint density at radius 3 is 2.71 bits per heavy atom. The molecule has 0 aliphatic carbocycles. The first-order valence-corrected chi connectivity index (χ1v) is 9.12. The lowest BCUT2D eigenvalue weighted by molar-refractivity contribution is -0.141. The van der Waals surface area contributed by atoms with Crippen molar-refractivity contribution in [1.29, 1.82) is 0 Å². The Balaban J connectivity index is 1.39. The number of aromatic nitrogens is 2. The summed E-state index contributed by atoms with van der Waals surface area (Å²) in [6, 6.07) is 15.5. The SMILES string of the molecule is CC(C)c1ccc(-c2noc(COC(=O)C3=Cc4ccccc4OC3)n2)cc1. The Hall–Kier alpha value is -3.41. The first-order valence-electron chi connectivity index (χ1n) is 9.12. The maximum Gasteiger partial charge on any atom is 0.338 e. The van der Waals surface area contributed by atoms with Gasteiger partial charge < -0.3 is 14.0 Å². The lowest BCUT2D eigenvalue weighted by Crippen LogP contribution is -2.17. The molecule has 0 spiro atoms. The highest BCUT2D eigenvalue weighted by Crippen LogP contribution is 2.26. The van der Waals surface area contributed by atoms with Crippen LogP contribution in [0.3, 0.4) is 0 Å². The van der Waals surface area contributed by atoms with Crippen LogP contribution in [-0.2, 0) is 16.1 Å². The quantitative estimate of drug-likeness (QED) is 0.615. The molecular formula is C22H20N2O4. The van der Waals surface area contributed by atoms with E-state index in [0.29, 0.717) is 17.3 Å². The summed E-state index contributed by atoms with van der Waals surface area (Å²) >= 11 is 0. The van der Waals surface area contributed by atoms with E-state index in [4.69, 9.17) is 14.0 Å². The molecule has 6 nitrogen and oxygen atoms in total. The number of carbonyl (C=O) groups excluding carboxylic acids is 1. The van der Waals surface area contributed by atoms with E-state index in [1.165, 1.54) is 5.56 Å². The van der Waals surface area contributed by atoms with Crippen LogP contribution >= 0.6 is 0 Å². The van der Waals surface area contributed by atoms with Gasteiger partial charge in [-0.3, -0.25) is 0 Å². The molecule has 2 heterocycles. The highest BCUT2D eigenvalue weighted by molar-refractivity contribution is 5.95. The Morgan fingerprint density at radius 1 is 1.14 bits per heavy atom. The first-order chi connectivity index (χ1) is 13.6. The Morgan fingerprint density at radius 2 is 1.93 bits per heavy atom. The van der Waals surface area contributed by atoms with Gasteiger partial charge in [0, 0.05) is 11.1 Å². The molecule has 142 valence electrons. The van der Waals surface area contributed by atoms with Crippen LogP contribution in [0.4, 0.5) is 0 Å². The zero-order chi connectivity index (χ0) is 19.5. The predicted octanol–water partition coefficient (Wildman–Crippen LogP) is 4.38. The number of hydrogen-bond donors (Lipinski definition) is 0. The average Bonchev–Trinajstić information content (AvgIpc) is 3.21. The van der Waals surface area contributed by atoms with E-state index in [1.807, 2.05) is 48.5 Å². The van der Waals surface area contributed by atoms with E-state index < -0.39 is 5.97 Å². The highest BCUT2D eigenvalue weighted by atomic mass is 16.6. The van der Waals surface area contributed by atoms with Gasteiger partial charge in [-0.2, -0.15) is 4.98 Å². The maximum atomic E-state index is 12.3. The second kappa shape index (κ2) is 7.68. The molecule has 2 aromatic carbocycles. The van der Waals surface area contributed by atoms with Gasteiger partial charge >= 0.3 is 5.97 Å². The van der Waals surface area contributed by atoms with Gasteiger partial charge in [-0.05, 0) is 23.6 Å². The molecule has 0 atom stereocenters. The largest absolute Gasteiger partial charge is 0.488 e. The second-order valence-corrected chi connectivity index (χ2v) is 6.86. The summed E-state index contributed by atoms with van der Waals surface area (Å²) in [7, 11) is 0. The van der Waals surface area contributed by atoms with E-state index >= 15 is 0 Å². The Bertz CT molecular complexity index is 1020. The van der Waals surface area contributed by atoms with E-state index in [-0.39, 0.29) is 19.1 Å². The lowest BCUT2D eigenvalue weighted by Gasteiger charge is -2.16. The molecule has 28 heavy (non-hydrogen) atoms. The van der Waals surface area contributed by atoms with Crippen LogP contribution in [0.5, 0.6) is 5.75 Å². The van der Waals surface area contributed by atoms with Gasteiger partial charge in [-0.15, -0.1) is 0 Å². The summed E-state index contributed by atoms with van der Waals surface area (Å²) < 4.78 is 16.1. The van der Waals surface area contributed by atoms with Crippen LogP contribution in [0.25, 0.3) is 17.5 Å². The van der Waals surface area contributed by atoms with Crippen LogP contribution in [0.15, 0.2) is 58.6 Å². The van der Waals surface area contributed by atoms with Crippen molar-refractivity contribution in [2.45, 2.75) is 26.4 Å². The van der Waals surface area contributed by atoms with E-state index in [9.17, 15) is 4.79 Å². The summed E-state index contributed by atoms with van der Waals surface area (Å²) in [5, 5.41) is 3.96. The van der Waals surface area contributed by atoms with Crippen molar-refractivity contribution in [2.75, 3.05) is 6.61 Å². The normalized spacial score (nSPS) is 12.9. The van der Waals surface area contributed by atoms with E-state index in [0.717, 1.165) is 16.9 Å². The van der Waals surface area contributed by atoms with Gasteiger partial charge in [-0.1, -0.05) is 61.5 Å². The molecule has 0 bridgehead atoms. The molecule has 1 aliphatic rings. The predicted molar refractivity (Wildman–Crippen MR) is 104 cm³/mol. The molecule has 0 N–H and O–H groups in total.